The van der Waals surface area contributed by atoms with E-state index in [2.05, 4.69) is 16.5 Å². The van der Waals surface area contributed by atoms with Gasteiger partial charge in [0.2, 0.25) is 0 Å². The molecule has 2 rings (SSSR count). The molecule has 0 bridgehead atoms. The van der Waals surface area contributed by atoms with Crippen LogP contribution in [-0.2, 0) is 0 Å². The summed E-state index contributed by atoms with van der Waals surface area (Å²) >= 11 is 0. The van der Waals surface area contributed by atoms with E-state index in [1.54, 1.807) is 6.20 Å². The number of hydrogen-bond donors (Lipinski definition) is 1. The molecule has 0 atom stereocenters. The Bertz CT molecular complexity index is 215. The Morgan fingerprint density at radius 3 is 3.60 bits per heavy atom. The van der Waals surface area contributed by atoms with Crippen LogP contribution in [0.5, 0.6) is 0 Å². The van der Waals surface area contributed by atoms with Crippen molar-refractivity contribution in [3.05, 3.63) is 24.2 Å². The zero-order valence-corrected chi connectivity index (χ0v) is 5.62. The molecule has 2 heterocycles. The van der Waals surface area contributed by atoms with Crippen LogP contribution in [0, 0.1) is 0 Å². The Morgan fingerprint density at radius 2 is 2.60 bits per heavy atom. The van der Waals surface area contributed by atoms with E-state index in [-0.39, 0.29) is 0 Å². The largest absolute Gasteiger partial charge is 0.286 e. The van der Waals surface area contributed by atoms with Crippen LogP contribution in [0.25, 0.3) is 0 Å². The quantitative estimate of drug-likeness (QED) is 0.527. The van der Waals surface area contributed by atoms with E-state index in [0.29, 0.717) is 0 Å². The van der Waals surface area contributed by atoms with E-state index in [9.17, 15) is 0 Å². The maximum atomic E-state index is 4.03. The summed E-state index contributed by atoms with van der Waals surface area (Å²) in [4.78, 5) is 4.03. The van der Waals surface area contributed by atoms with Gasteiger partial charge in [-0.3, -0.25) is 10.0 Å². The van der Waals surface area contributed by atoms with Gasteiger partial charge >= 0.3 is 0 Å². The molecule has 10 heavy (non-hydrogen) atoms. The fourth-order valence-electron chi connectivity index (χ4n) is 1.10. The van der Waals surface area contributed by atoms with Gasteiger partial charge in [0.05, 0.1) is 0 Å². The summed E-state index contributed by atoms with van der Waals surface area (Å²) < 4.78 is 0. The van der Waals surface area contributed by atoms with E-state index >= 15 is 0 Å². The Labute approximate surface area is 59.7 Å². The van der Waals surface area contributed by atoms with Gasteiger partial charge in [-0.05, 0) is 6.08 Å². The summed E-state index contributed by atoms with van der Waals surface area (Å²) in [7, 11) is 0. The normalized spacial score (nSPS) is 22.4. The minimum atomic E-state index is 0.931. The number of nitrogens with zero attached hydrogens (tertiary/aromatic N) is 2. The van der Waals surface area contributed by atoms with Crippen molar-refractivity contribution in [2.45, 2.75) is 6.42 Å². The Kier molecular flexibility index (Phi) is 1.29. The van der Waals surface area contributed by atoms with Gasteiger partial charge in [0, 0.05) is 37.3 Å². The first-order chi connectivity index (χ1) is 4.97. The van der Waals surface area contributed by atoms with Gasteiger partial charge in [-0.25, -0.2) is 5.43 Å². The van der Waals surface area contributed by atoms with Gasteiger partial charge in [-0.1, -0.05) is 0 Å². The lowest BCUT2D eigenvalue weighted by Gasteiger charge is -2.14. The molecule has 0 radical (unpaired) electrons. The van der Waals surface area contributed by atoms with E-state index in [1.165, 1.54) is 5.70 Å². The molecular weight excluding hydrogens is 126 g/mol. The highest BCUT2D eigenvalue weighted by atomic mass is 15.5. The highest BCUT2D eigenvalue weighted by Crippen LogP contribution is 2.12. The zero-order chi connectivity index (χ0) is 6.81. The molecule has 2 aliphatic heterocycles. The van der Waals surface area contributed by atoms with Crippen LogP contribution >= 0.6 is 0 Å². The molecule has 1 N–H and O–H groups in total. The van der Waals surface area contributed by atoms with Crippen LogP contribution in [-0.4, -0.2) is 17.8 Å². The number of hydrogen-bond acceptors (Lipinski definition) is 3. The van der Waals surface area contributed by atoms with Gasteiger partial charge in [-0.15, -0.1) is 0 Å². The monoisotopic (exact) mass is 135 g/mol. The van der Waals surface area contributed by atoms with E-state index in [4.69, 9.17) is 0 Å². The van der Waals surface area contributed by atoms with Crippen molar-refractivity contribution in [2.75, 3.05) is 6.54 Å². The lowest BCUT2D eigenvalue weighted by atomic mass is 10.3. The van der Waals surface area contributed by atoms with Gasteiger partial charge in [0.25, 0.3) is 0 Å². The van der Waals surface area contributed by atoms with E-state index in [0.717, 1.165) is 13.0 Å². The van der Waals surface area contributed by atoms with Crippen molar-refractivity contribution in [1.29, 1.82) is 0 Å². The van der Waals surface area contributed by atoms with Gasteiger partial charge in [-0.2, -0.15) is 0 Å². The number of nitrogens with one attached hydrogen (secondary N) is 1. The standard InChI is InChI=1S/C7H9N3/c1-3-8-5-6-10-7(1)2-4-9-10/h2-3,5-6,9H,1,4H2. The molecule has 0 fully saturated rings. The second kappa shape index (κ2) is 2.27. The fourth-order valence-corrected chi connectivity index (χ4v) is 1.10. The fraction of sp³-hybridized carbons (Fsp3) is 0.286. The minimum absolute atomic E-state index is 0.931. The summed E-state index contributed by atoms with van der Waals surface area (Å²) in [5.74, 6) is 0. The molecular formula is C7H9N3. The van der Waals surface area contributed by atoms with Crippen LogP contribution in [0.3, 0.4) is 0 Å². The number of aliphatic imine (C=N–C) groups is 1. The first-order valence-corrected chi connectivity index (χ1v) is 3.37. The molecule has 0 aromatic carbocycles. The number of fused-ring (bicyclic) bond motifs is 1. The zero-order valence-electron chi connectivity index (χ0n) is 5.62. The lowest BCUT2D eigenvalue weighted by molar-refractivity contribution is 0.385. The predicted molar refractivity (Wildman–Crippen MR) is 40.2 cm³/mol. The van der Waals surface area contributed by atoms with Crippen LogP contribution < -0.4 is 5.43 Å². The van der Waals surface area contributed by atoms with E-state index < -0.39 is 0 Å². The molecule has 0 aromatic rings. The maximum Gasteiger partial charge on any atom is 0.0442 e. The van der Waals surface area contributed by atoms with Crippen molar-refractivity contribution < 1.29 is 0 Å². The molecule has 0 spiro atoms. The number of allylic oxidation sites excluding steroid dienone is 1. The molecule has 52 valence electrons. The highest BCUT2D eigenvalue weighted by molar-refractivity contribution is 5.62. The Morgan fingerprint density at radius 1 is 1.60 bits per heavy atom. The van der Waals surface area contributed by atoms with Crippen LogP contribution in [0.2, 0.25) is 0 Å². The SMILES string of the molecule is C1=CN2NCC=C2CC=N1. The third kappa shape index (κ3) is 0.844. The number of hydrazine groups is 1. The van der Waals surface area contributed by atoms with Crippen LogP contribution in [0.1, 0.15) is 6.42 Å². The molecule has 2 aliphatic rings. The summed E-state index contributed by atoms with van der Waals surface area (Å²) in [6.45, 7) is 0.938. The van der Waals surface area contributed by atoms with E-state index in [1.807, 2.05) is 17.4 Å². The van der Waals surface area contributed by atoms with Gasteiger partial charge in [0.15, 0.2) is 0 Å². The third-order valence-electron chi connectivity index (χ3n) is 1.62. The molecule has 0 aromatic heterocycles. The van der Waals surface area contributed by atoms with Crippen molar-refractivity contribution in [1.82, 2.24) is 10.4 Å². The molecule has 0 aliphatic carbocycles. The highest BCUT2D eigenvalue weighted by Gasteiger charge is 2.10. The first-order valence-electron chi connectivity index (χ1n) is 3.37. The Balaban J connectivity index is 2.24. The summed E-state index contributed by atoms with van der Waals surface area (Å²) in [5, 5.41) is 2.01. The van der Waals surface area contributed by atoms with Crippen molar-refractivity contribution in [3.8, 4) is 0 Å². The molecule has 0 saturated heterocycles. The molecule has 0 saturated carbocycles. The third-order valence-corrected chi connectivity index (χ3v) is 1.62. The minimum Gasteiger partial charge on any atom is -0.286 e. The van der Waals surface area contributed by atoms with Crippen LogP contribution in [0.15, 0.2) is 29.2 Å². The Hall–Kier alpha value is -1.09. The second-order valence-corrected chi connectivity index (χ2v) is 2.26. The van der Waals surface area contributed by atoms with Crippen molar-refractivity contribution >= 4 is 6.21 Å². The summed E-state index contributed by atoms with van der Waals surface area (Å²) in [6, 6.07) is 0. The van der Waals surface area contributed by atoms with Crippen molar-refractivity contribution in [2.24, 2.45) is 4.99 Å². The first kappa shape index (κ1) is 5.68. The summed E-state index contributed by atoms with van der Waals surface area (Å²) in [6.07, 6.45) is 8.73. The predicted octanol–water partition coefficient (Wildman–Crippen LogP) is 0.636. The average Bonchev–Trinajstić information content (AvgIpc) is 2.28. The van der Waals surface area contributed by atoms with Gasteiger partial charge in [0.1, 0.15) is 0 Å². The molecule has 0 amide bonds. The number of rotatable bonds is 0. The molecule has 3 heteroatoms. The molecule has 3 nitrogen and oxygen atoms in total. The summed E-state index contributed by atoms with van der Waals surface area (Å²) in [5.41, 5.74) is 4.46. The second-order valence-electron chi connectivity index (χ2n) is 2.26. The molecule has 0 unspecified atom stereocenters. The topological polar surface area (TPSA) is 27.6 Å². The average molecular weight is 135 g/mol. The maximum absolute atomic E-state index is 4.03. The van der Waals surface area contributed by atoms with Crippen molar-refractivity contribution in [3.63, 3.8) is 0 Å². The van der Waals surface area contributed by atoms with Gasteiger partial charge < -0.3 is 0 Å². The lowest BCUT2D eigenvalue weighted by Crippen LogP contribution is -2.25. The smallest absolute Gasteiger partial charge is 0.0442 e. The van der Waals surface area contributed by atoms with Crippen LogP contribution in [0.4, 0.5) is 0 Å².